The number of hydrogen-bond acceptors (Lipinski definition) is 4. The van der Waals surface area contributed by atoms with Gasteiger partial charge in [-0.3, -0.25) is 10.2 Å². The van der Waals surface area contributed by atoms with Crippen molar-refractivity contribution < 1.29 is 0 Å². The molecule has 3 rings (SSSR count). The molecule has 106 valence electrons. The number of halogens is 2. The molecular formula is C14H10Cl2N4O. The number of rotatable bonds is 2. The zero-order valence-corrected chi connectivity index (χ0v) is 12.2. The Morgan fingerprint density at radius 2 is 1.90 bits per heavy atom. The highest BCUT2D eigenvalue weighted by Crippen LogP contribution is 2.25. The van der Waals surface area contributed by atoms with Crippen LogP contribution in [0.4, 0.5) is 5.95 Å². The normalized spacial score (nSPS) is 10.8. The van der Waals surface area contributed by atoms with Gasteiger partial charge in [0.25, 0.3) is 5.56 Å². The van der Waals surface area contributed by atoms with E-state index in [2.05, 4.69) is 10.4 Å². The van der Waals surface area contributed by atoms with Crippen LogP contribution >= 0.6 is 23.2 Å². The average molecular weight is 321 g/mol. The smallest absolute Gasteiger partial charge is 0.267 e. The first kappa shape index (κ1) is 13.9. The van der Waals surface area contributed by atoms with Crippen molar-refractivity contribution in [2.75, 3.05) is 5.43 Å². The lowest BCUT2D eigenvalue weighted by Gasteiger charge is -2.14. The topological polar surface area (TPSA) is 72.9 Å². The molecule has 1 aromatic heterocycles. The number of fused-ring (bicyclic) bond motifs is 1. The summed E-state index contributed by atoms with van der Waals surface area (Å²) in [4.78, 5) is 17.0. The van der Waals surface area contributed by atoms with Crippen molar-refractivity contribution in [1.29, 1.82) is 0 Å². The summed E-state index contributed by atoms with van der Waals surface area (Å²) < 4.78 is 1.32. The number of nitrogen functional groups attached to an aromatic ring is 1. The van der Waals surface area contributed by atoms with Gasteiger partial charge in [-0.05, 0) is 30.3 Å². The number of benzene rings is 2. The number of nitrogens with one attached hydrogen (secondary N) is 1. The van der Waals surface area contributed by atoms with Crippen LogP contribution in [0, 0.1) is 0 Å². The third-order valence-corrected chi connectivity index (χ3v) is 3.59. The fourth-order valence-electron chi connectivity index (χ4n) is 2.12. The van der Waals surface area contributed by atoms with Crippen LogP contribution in [0.2, 0.25) is 10.0 Å². The third-order valence-electron chi connectivity index (χ3n) is 3.06. The largest absolute Gasteiger partial charge is 0.293 e. The third kappa shape index (κ3) is 2.35. The first-order valence-electron chi connectivity index (χ1n) is 6.05. The van der Waals surface area contributed by atoms with Crippen molar-refractivity contribution >= 4 is 40.1 Å². The SMILES string of the molecule is NNc1nc2ccccc2c(=O)n1-c1ccc(Cl)cc1Cl. The lowest BCUT2D eigenvalue weighted by Crippen LogP contribution is -2.26. The van der Waals surface area contributed by atoms with Crippen molar-refractivity contribution in [3.05, 3.63) is 62.9 Å². The second kappa shape index (κ2) is 5.37. The Balaban J connectivity index is 2.41. The minimum atomic E-state index is -0.266. The average Bonchev–Trinajstić information content (AvgIpc) is 2.48. The molecule has 7 heteroatoms. The summed E-state index contributed by atoms with van der Waals surface area (Å²) in [7, 11) is 0. The number of hydrazine groups is 1. The second-order valence-corrected chi connectivity index (χ2v) is 5.18. The van der Waals surface area contributed by atoms with Crippen LogP contribution in [0.15, 0.2) is 47.3 Å². The zero-order valence-electron chi connectivity index (χ0n) is 10.7. The number of hydrogen-bond donors (Lipinski definition) is 2. The van der Waals surface area contributed by atoms with E-state index in [1.54, 1.807) is 42.5 Å². The maximum absolute atomic E-state index is 12.7. The summed E-state index contributed by atoms with van der Waals surface area (Å²) in [6, 6.07) is 11.9. The van der Waals surface area contributed by atoms with Crippen LogP contribution in [0.1, 0.15) is 0 Å². The Morgan fingerprint density at radius 1 is 1.14 bits per heavy atom. The molecule has 0 spiro atoms. The van der Waals surface area contributed by atoms with E-state index in [0.717, 1.165) is 0 Å². The van der Waals surface area contributed by atoms with Gasteiger partial charge in [0, 0.05) is 5.02 Å². The molecule has 1 heterocycles. The van der Waals surface area contributed by atoms with Crippen molar-refractivity contribution in [2.45, 2.75) is 0 Å². The van der Waals surface area contributed by atoms with Crippen LogP contribution in [-0.4, -0.2) is 9.55 Å². The highest BCUT2D eigenvalue weighted by Gasteiger charge is 2.14. The van der Waals surface area contributed by atoms with Gasteiger partial charge in [0.1, 0.15) is 0 Å². The molecule has 0 aliphatic carbocycles. The molecule has 3 aromatic rings. The highest BCUT2D eigenvalue weighted by atomic mass is 35.5. The van der Waals surface area contributed by atoms with E-state index >= 15 is 0 Å². The maximum atomic E-state index is 12.7. The number of nitrogens with zero attached hydrogens (tertiary/aromatic N) is 2. The molecule has 2 aromatic carbocycles. The first-order valence-corrected chi connectivity index (χ1v) is 6.81. The molecule has 3 N–H and O–H groups in total. The van der Waals surface area contributed by atoms with Gasteiger partial charge in [-0.15, -0.1) is 0 Å². The summed E-state index contributed by atoms with van der Waals surface area (Å²) in [5.41, 5.74) is 3.17. The minimum Gasteiger partial charge on any atom is -0.293 e. The lowest BCUT2D eigenvalue weighted by molar-refractivity contribution is 0.956. The van der Waals surface area contributed by atoms with E-state index in [4.69, 9.17) is 29.0 Å². The van der Waals surface area contributed by atoms with Gasteiger partial charge in [0.15, 0.2) is 0 Å². The van der Waals surface area contributed by atoms with Crippen LogP contribution in [-0.2, 0) is 0 Å². The van der Waals surface area contributed by atoms with E-state index in [-0.39, 0.29) is 11.5 Å². The summed E-state index contributed by atoms with van der Waals surface area (Å²) in [5.74, 6) is 5.68. The van der Waals surface area contributed by atoms with Crippen molar-refractivity contribution in [3.63, 3.8) is 0 Å². The molecule has 0 unspecified atom stereocenters. The molecule has 0 bridgehead atoms. The number of para-hydroxylation sites is 1. The van der Waals surface area contributed by atoms with Crippen LogP contribution in [0.25, 0.3) is 16.6 Å². The first-order chi connectivity index (χ1) is 10.1. The Kier molecular flexibility index (Phi) is 3.55. The van der Waals surface area contributed by atoms with E-state index in [0.29, 0.717) is 26.6 Å². The summed E-state index contributed by atoms with van der Waals surface area (Å²) in [6.45, 7) is 0. The fourth-order valence-corrected chi connectivity index (χ4v) is 2.61. The standard InChI is InChI=1S/C14H10Cl2N4O/c15-8-5-6-12(10(16)7-8)20-13(21)9-3-1-2-4-11(9)18-14(20)19-17/h1-7H,17H2,(H,18,19). The van der Waals surface area contributed by atoms with Crippen LogP contribution in [0.3, 0.4) is 0 Å². The summed E-state index contributed by atoms with van der Waals surface area (Å²) >= 11 is 12.1. The van der Waals surface area contributed by atoms with Gasteiger partial charge in [-0.1, -0.05) is 35.3 Å². The quantitative estimate of drug-likeness (QED) is 0.562. The zero-order chi connectivity index (χ0) is 15.0. The van der Waals surface area contributed by atoms with Crippen LogP contribution < -0.4 is 16.8 Å². The molecule has 0 amide bonds. The molecule has 0 atom stereocenters. The van der Waals surface area contributed by atoms with E-state index in [1.165, 1.54) is 4.57 Å². The van der Waals surface area contributed by atoms with Gasteiger partial charge < -0.3 is 0 Å². The van der Waals surface area contributed by atoms with Crippen molar-refractivity contribution in [1.82, 2.24) is 9.55 Å². The summed E-state index contributed by atoms with van der Waals surface area (Å²) in [6.07, 6.45) is 0. The molecule has 0 saturated heterocycles. The Bertz CT molecular complexity index is 892. The molecule has 0 aliphatic rings. The van der Waals surface area contributed by atoms with E-state index in [9.17, 15) is 4.79 Å². The number of anilines is 1. The predicted molar refractivity (Wildman–Crippen MR) is 85.2 cm³/mol. The van der Waals surface area contributed by atoms with Crippen molar-refractivity contribution in [2.24, 2.45) is 5.84 Å². The van der Waals surface area contributed by atoms with Gasteiger partial charge in [-0.25, -0.2) is 15.4 Å². The Morgan fingerprint density at radius 3 is 2.62 bits per heavy atom. The summed E-state index contributed by atoms with van der Waals surface area (Å²) in [5, 5.41) is 1.29. The number of nitrogens with two attached hydrogens (primary N) is 1. The highest BCUT2D eigenvalue weighted by molar-refractivity contribution is 6.35. The minimum absolute atomic E-state index is 0.197. The molecule has 0 aliphatic heterocycles. The molecular weight excluding hydrogens is 311 g/mol. The Labute approximate surface area is 129 Å². The fraction of sp³-hybridized carbons (Fsp3) is 0. The lowest BCUT2D eigenvalue weighted by atomic mass is 10.2. The van der Waals surface area contributed by atoms with E-state index in [1.807, 2.05) is 0 Å². The van der Waals surface area contributed by atoms with Gasteiger partial charge >= 0.3 is 0 Å². The predicted octanol–water partition coefficient (Wildman–Crippen LogP) is 2.98. The molecule has 0 radical (unpaired) electrons. The van der Waals surface area contributed by atoms with Gasteiger partial charge in [0.05, 0.1) is 21.6 Å². The van der Waals surface area contributed by atoms with Gasteiger partial charge in [0.2, 0.25) is 5.95 Å². The monoisotopic (exact) mass is 320 g/mol. The number of aromatic nitrogens is 2. The van der Waals surface area contributed by atoms with Gasteiger partial charge in [-0.2, -0.15) is 0 Å². The molecule has 0 saturated carbocycles. The maximum Gasteiger partial charge on any atom is 0.267 e. The van der Waals surface area contributed by atoms with Crippen molar-refractivity contribution in [3.8, 4) is 5.69 Å². The van der Waals surface area contributed by atoms with E-state index < -0.39 is 0 Å². The molecule has 21 heavy (non-hydrogen) atoms. The second-order valence-electron chi connectivity index (χ2n) is 4.33. The molecule has 5 nitrogen and oxygen atoms in total. The van der Waals surface area contributed by atoms with Crippen LogP contribution in [0.5, 0.6) is 0 Å². The molecule has 0 fully saturated rings. The Hall–Kier alpha value is -2.08.